The van der Waals surface area contributed by atoms with Crippen molar-refractivity contribution in [2.75, 3.05) is 13.1 Å². The minimum Gasteiger partial charge on any atom is -0.355 e. The van der Waals surface area contributed by atoms with Gasteiger partial charge in [-0.25, -0.2) is 0 Å². The summed E-state index contributed by atoms with van der Waals surface area (Å²) >= 11 is 0. The van der Waals surface area contributed by atoms with Gasteiger partial charge in [0.2, 0.25) is 5.91 Å². The molecule has 1 aliphatic carbocycles. The van der Waals surface area contributed by atoms with Crippen molar-refractivity contribution in [2.24, 2.45) is 23.0 Å². The molecule has 3 atom stereocenters. The lowest BCUT2D eigenvalue weighted by Crippen LogP contribution is -2.44. The lowest BCUT2D eigenvalue weighted by atomic mass is 9.86. The van der Waals surface area contributed by atoms with Crippen LogP contribution in [0, 0.1) is 17.3 Å². The zero-order valence-corrected chi connectivity index (χ0v) is 10.9. The van der Waals surface area contributed by atoms with Gasteiger partial charge in [0.1, 0.15) is 0 Å². The molecule has 1 aliphatic rings. The fraction of sp³-hybridized carbons (Fsp3) is 0.923. The first-order valence-electron chi connectivity index (χ1n) is 6.50. The molecule has 0 bridgehead atoms. The van der Waals surface area contributed by atoms with Crippen molar-refractivity contribution >= 4 is 5.91 Å². The predicted octanol–water partition coefficient (Wildman–Crippen LogP) is 1.91. The average Bonchev–Trinajstić information content (AvgIpc) is 2.70. The molecular formula is C13H26N2O. The molecule has 16 heavy (non-hydrogen) atoms. The molecule has 0 spiro atoms. The van der Waals surface area contributed by atoms with Gasteiger partial charge in [-0.05, 0) is 38.0 Å². The first kappa shape index (κ1) is 13.5. The summed E-state index contributed by atoms with van der Waals surface area (Å²) in [5.74, 6) is 1.63. The van der Waals surface area contributed by atoms with Crippen LogP contribution in [0.1, 0.15) is 46.5 Å². The van der Waals surface area contributed by atoms with Crippen molar-refractivity contribution in [2.45, 2.75) is 46.5 Å². The molecule has 0 aliphatic heterocycles. The van der Waals surface area contributed by atoms with Crippen LogP contribution in [0.3, 0.4) is 0 Å². The first-order chi connectivity index (χ1) is 7.51. The molecule has 94 valence electrons. The summed E-state index contributed by atoms with van der Waals surface area (Å²) in [6.07, 6.45) is 4.62. The van der Waals surface area contributed by atoms with E-state index in [1.807, 2.05) is 13.8 Å². The standard InChI is InChI=1S/C13H26N2O/c1-4-13(3,9-14)12(16)15-8-11-6-5-10(2)7-11/h10-11H,4-9,14H2,1-3H3,(H,15,16). The third-order valence-corrected chi connectivity index (χ3v) is 4.13. The Bertz CT molecular complexity index is 236. The summed E-state index contributed by atoms with van der Waals surface area (Å²) in [5.41, 5.74) is 5.28. The van der Waals surface area contributed by atoms with Gasteiger partial charge in [0, 0.05) is 13.1 Å². The topological polar surface area (TPSA) is 55.1 Å². The zero-order chi connectivity index (χ0) is 12.2. The summed E-state index contributed by atoms with van der Waals surface area (Å²) in [6.45, 7) is 7.51. The van der Waals surface area contributed by atoms with Gasteiger partial charge in [0.25, 0.3) is 0 Å². The Kier molecular flexibility index (Phi) is 4.78. The number of nitrogens with one attached hydrogen (secondary N) is 1. The summed E-state index contributed by atoms with van der Waals surface area (Å²) in [6, 6.07) is 0. The molecule has 0 heterocycles. The van der Waals surface area contributed by atoms with Crippen molar-refractivity contribution in [3.05, 3.63) is 0 Å². The van der Waals surface area contributed by atoms with E-state index in [2.05, 4.69) is 12.2 Å². The molecule has 3 N–H and O–H groups in total. The molecule has 1 saturated carbocycles. The summed E-state index contributed by atoms with van der Waals surface area (Å²) < 4.78 is 0. The van der Waals surface area contributed by atoms with Gasteiger partial charge >= 0.3 is 0 Å². The maximum atomic E-state index is 12.0. The Balaban J connectivity index is 2.34. The number of hydrogen-bond acceptors (Lipinski definition) is 2. The van der Waals surface area contributed by atoms with E-state index in [9.17, 15) is 4.79 Å². The van der Waals surface area contributed by atoms with E-state index in [-0.39, 0.29) is 11.3 Å². The monoisotopic (exact) mass is 226 g/mol. The van der Waals surface area contributed by atoms with Gasteiger partial charge in [-0.1, -0.05) is 20.3 Å². The van der Waals surface area contributed by atoms with Crippen molar-refractivity contribution in [3.8, 4) is 0 Å². The normalized spacial score (nSPS) is 28.8. The third kappa shape index (κ3) is 3.21. The fourth-order valence-corrected chi connectivity index (χ4v) is 2.36. The van der Waals surface area contributed by atoms with Gasteiger partial charge in [0.05, 0.1) is 5.41 Å². The Morgan fingerprint density at radius 3 is 2.62 bits per heavy atom. The average molecular weight is 226 g/mol. The van der Waals surface area contributed by atoms with Gasteiger partial charge in [-0.3, -0.25) is 4.79 Å². The van der Waals surface area contributed by atoms with E-state index in [1.165, 1.54) is 19.3 Å². The highest BCUT2D eigenvalue weighted by atomic mass is 16.2. The van der Waals surface area contributed by atoms with E-state index < -0.39 is 0 Å². The summed E-state index contributed by atoms with van der Waals surface area (Å²) in [5, 5.41) is 3.07. The van der Waals surface area contributed by atoms with Gasteiger partial charge in [-0.15, -0.1) is 0 Å². The van der Waals surface area contributed by atoms with E-state index in [1.54, 1.807) is 0 Å². The molecular weight excluding hydrogens is 200 g/mol. The Morgan fingerprint density at radius 1 is 1.50 bits per heavy atom. The van der Waals surface area contributed by atoms with Gasteiger partial charge < -0.3 is 11.1 Å². The SMILES string of the molecule is CCC(C)(CN)C(=O)NCC1CCC(C)C1. The minimum absolute atomic E-state index is 0.122. The molecule has 0 aromatic carbocycles. The fourth-order valence-electron chi connectivity index (χ4n) is 2.36. The lowest BCUT2D eigenvalue weighted by Gasteiger charge is -2.25. The van der Waals surface area contributed by atoms with Gasteiger partial charge in [-0.2, -0.15) is 0 Å². The van der Waals surface area contributed by atoms with Crippen LogP contribution in [0.2, 0.25) is 0 Å². The Morgan fingerprint density at radius 2 is 2.19 bits per heavy atom. The Labute approximate surface area is 99.2 Å². The quantitative estimate of drug-likeness (QED) is 0.752. The number of hydrogen-bond donors (Lipinski definition) is 2. The first-order valence-corrected chi connectivity index (χ1v) is 6.50. The molecule has 0 aromatic rings. The highest BCUT2D eigenvalue weighted by Crippen LogP contribution is 2.30. The van der Waals surface area contributed by atoms with E-state index in [0.29, 0.717) is 12.5 Å². The second-order valence-corrected chi connectivity index (χ2v) is 5.61. The smallest absolute Gasteiger partial charge is 0.227 e. The van der Waals surface area contributed by atoms with Gasteiger partial charge in [0.15, 0.2) is 0 Å². The van der Waals surface area contributed by atoms with Crippen LogP contribution < -0.4 is 11.1 Å². The number of amides is 1. The maximum absolute atomic E-state index is 12.0. The highest BCUT2D eigenvalue weighted by molar-refractivity contribution is 5.82. The van der Waals surface area contributed by atoms with Crippen molar-refractivity contribution in [1.82, 2.24) is 5.32 Å². The molecule has 1 rings (SSSR count). The van der Waals surface area contributed by atoms with Crippen molar-refractivity contribution in [3.63, 3.8) is 0 Å². The second kappa shape index (κ2) is 5.67. The number of rotatable bonds is 5. The largest absolute Gasteiger partial charge is 0.355 e. The number of nitrogens with two attached hydrogens (primary N) is 1. The second-order valence-electron chi connectivity index (χ2n) is 5.61. The maximum Gasteiger partial charge on any atom is 0.227 e. The van der Waals surface area contributed by atoms with E-state index in [4.69, 9.17) is 5.73 Å². The lowest BCUT2D eigenvalue weighted by molar-refractivity contribution is -0.130. The molecule has 0 saturated heterocycles. The number of carbonyl (C=O) groups excluding carboxylic acids is 1. The third-order valence-electron chi connectivity index (χ3n) is 4.13. The van der Waals surface area contributed by atoms with E-state index in [0.717, 1.165) is 18.9 Å². The molecule has 0 radical (unpaired) electrons. The Hall–Kier alpha value is -0.570. The molecule has 3 nitrogen and oxygen atoms in total. The predicted molar refractivity (Wildman–Crippen MR) is 67.0 cm³/mol. The zero-order valence-electron chi connectivity index (χ0n) is 10.9. The summed E-state index contributed by atoms with van der Waals surface area (Å²) in [7, 11) is 0. The van der Waals surface area contributed by atoms with E-state index >= 15 is 0 Å². The number of carbonyl (C=O) groups is 1. The molecule has 1 fully saturated rings. The van der Waals surface area contributed by atoms with Crippen LogP contribution in [0.15, 0.2) is 0 Å². The molecule has 3 unspecified atom stereocenters. The van der Waals surface area contributed by atoms with Crippen LogP contribution in [0.25, 0.3) is 0 Å². The highest BCUT2D eigenvalue weighted by Gasteiger charge is 2.30. The molecule has 0 aromatic heterocycles. The van der Waals surface area contributed by atoms with Crippen LogP contribution in [0.4, 0.5) is 0 Å². The van der Waals surface area contributed by atoms with Crippen molar-refractivity contribution < 1.29 is 4.79 Å². The molecule has 1 amide bonds. The van der Waals surface area contributed by atoms with Crippen molar-refractivity contribution in [1.29, 1.82) is 0 Å². The summed E-state index contributed by atoms with van der Waals surface area (Å²) in [4.78, 5) is 12.0. The van der Waals surface area contributed by atoms with Crippen LogP contribution in [0.5, 0.6) is 0 Å². The van der Waals surface area contributed by atoms with Crippen LogP contribution in [-0.4, -0.2) is 19.0 Å². The molecule has 3 heteroatoms. The van der Waals surface area contributed by atoms with Crippen LogP contribution >= 0.6 is 0 Å². The van der Waals surface area contributed by atoms with Crippen LogP contribution in [-0.2, 0) is 4.79 Å². The minimum atomic E-state index is -0.385.